The Morgan fingerprint density at radius 1 is 0.727 bits per heavy atom. The molecule has 0 aliphatic carbocycles. The highest BCUT2D eigenvalue weighted by Gasteiger charge is 2.41. The van der Waals surface area contributed by atoms with E-state index in [0.717, 1.165) is 16.7 Å². The number of aromatic amines is 1. The Morgan fingerprint density at radius 2 is 1.24 bits per heavy atom. The van der Waals surface area contributed by atoms with Gasteiger partial charge in [-0.3, -0.25) is 14.3 Å². The van der Waals surface area contributed by atoms with Crippen molar-refractivity contribution >= 4 is 0 Å². The number of nitrogens with one attached hydrogen (secondary N) is 1. The van der Waals surface area contributed by atoms with Crippen molar-refractivity contribution in [2.24, 2.45) is 0 Å². The summed E-state index contributed by atoms with van der Waals surface area (Å²) >= 11 is 0. The van der Waals surface area contributed by atoms with Gasteiger partial charge in [0.1, 0.15) is 5.60 Å². The van der Waals surface area contributed by atoms with Crippen LogP contribution in [0.15, 0.2) is 125 Å². The highest BCUT2D eigenvalue weighted by atomic mass is 16.7. The van der Waals surface area contributed by atoms with Crippen LogP contribution in [0, 0.1) is 0 Å². The van der Waals surface area contributed by atoms with Crippen LogP contribution in [-0.2, 0) is 15.1 Å². The first-order valence-corrected chi connectivity index (χ1v) is 10.7. The number of H-pyrrole nitrogens is 1. The summed E-state index contributed by atoms with van der Waals surface area (Å²) in [6.07, 6.45) is 3.51. The summed E-state index contributed by atoms with van der Waals surface area (Å²) < 4.78 is 14.2. The molecule has 6 heteroatoms. The lowest BCUT2D eigenvalue weighted by molar-refractivity contribution is -0.180. The lowest BCUT2D eigenvalue weighted by Gasteiger charge is -2.37. The second-order valence-corrected chi connectivity index (χ2v) is 7.69. The summed E-state index contributed by atoms with van der Waals surface area (Å²) in [6, 6.07) is 31.2. The third-order valence-electron chi connectivity index (χ3n) is 5.67. The molecule has 2 atom stereocenters. The Bertz CT molecular complexity index is 1270. The van der Waals surface area contributed by atoms with E-state index in [1.54, 1.807) is 12.2 Å². The van der Waals surface area contributed by atoms with Gasteiger partial charge in [-0.1, -0.05) is 91.0 Å². The molecule has 0 spiro atoms. The minimum absolute atomic E-state index is 0.456. The fourth-order valence-electron chi connectivity index (χ4n) is 4.16. The van der Waals surface area contributed by atoms with Crippen LogP contribution in [0.2, 0.25) is 0 Å². The first-order valence-electron chi connectivity index (χ1n) is 10.7. The number of rotatable bonds is 6. The van der Waals surface area contributed by atoms with Crippen LogP contribution in [0.4, 0.5) is 0 Å². The lowest BCUT2D eigenvalue weighted by atomic mass is 9.80. The van der Waals surface area contributed by atoms with E-state index < -0.39 is 29.4 Å². The number of hydrogen-bond donors (Lipinski definition) is 1. The smallest absolute Gasteiger partial charge is 0.328 e. The fraction of sp³-hybridized carbons (Fsp3) is 0.111. The highest BCUT2D eigenvalue weighted by molar-refractivity contribution is 5.47. The van der Waals surface area contributed by atoms with Crippen molar-refractivity contribution in [1.29, 1.82) is 0 Å². The first-order chi connectivity index (χ1) is 16.2. The molecule has 33 heavy (non-hydrogen) atoms. The van der Waals surface area contributed by atoms with Gasteiger partial charge in [-0.15, -0.1) is 0 Å². The number of hydrogen-bond acceptors (Lipinski definition) is 4. The van der Waals surface area contributed by atoms with Crippen molar-refractivity contribution in [3.63, 3.8) is 0 Å². The minimum atomic E-state index is -0.955. The van der Waals surface area contributed by atoms with Crippen molar-refractivity contribution in [2.45, 2.75) is 18.1 Å². The molecule has 0 saturated carbocycles. The summed E-state index contributed by atoms with van der Waals surface area (Å²) in [5.41, 5.74) is 0.890. The maximum Gasteiger partial charge on any atom is 0.330 e. The number of nitrogens with zero attached hydrogens (tertiary/aromatic N) is 1. The van der Waals surface area contributed by atoms with Gasteiger partial charge < -0.3 is 9.47 Å². The molecule has 1 aliphatic heterocycles. The van der Waals surface area contributed by atoms with Gasteiger partial charge in [0.25, 0.3) is 5.56 Å². The highest BCUT2D eigenvalue weighted by Crippen LogP contribution is 2.42. The molecule has 0 saturated heterocycles. The zero-order chi connectivity index (χ0) is 22.7. The average Bonchev–Trinajstić information content (AvgIpc) is 3.32. The number of aromatic nitrogens is 2. The van der Waals surface area contributed by atoms with Crippen LogP contribution < -0.4 is 11.2 Å². The molecule has 0 radical (unpaired) electrons. The predicted molar refractivity (Wildman–Crippen MR) is 125 cm³/mol. The molecule has 1 aliphatic rings. The van der Waals surface area contributed by atoms with Crippen LogP contribution in [0.3, 0.4) is 0 Å². The first kappa shape index (κ1) is 20.9. The molecule has 164 valence electrons. The number of ether oxygens (including phenoxy) is 2. The topological polar surface area (TPSA) is 73.3 Å². The van der Waals surface area contributed by atoms with E-state index in [1.165, 1.54) is 16.8 Å². The van der Waals surface area contributed by atoms with E-state index in [1.807, 2.05) is 91.0 Å². The largest absolute Gasteiger partial charge is 0.330 e. The zero-order valence-electron chi connectivity index (χ0n) is 17.7. The van der Waals surface area contributed by atoms with Crippen molar-refractivity contribution in [2.75, 3.05) is 0 Å². The van der Waals surface area contributed by atoms with Crippen LogP contribution in [0.25, 0.3) is 0 Å². The molecular weight excluding hydrogens is 416 g/mol. The molecule has 0 unspecified atom stereocenters. The molecule has 1 aromatic heterocycles. The Balaban J connectivity index is 1.58. The molecule has 1 N–H and O–H groups in total. The SMILES string of the molecule is O=c1ccn([C@H]2C=C[C@@H](OC(c3ccccc3)(c3ccccc3)c3ccccc3)O2)c(=O)[nH]1. The van der Waals surface area contributed by atoms with Gasteiger partial charge in [0.05, 0.1) is 0 Å². The standard InChI is InChI=1S/C27H22N2O4/c30-23-18-19-29(26(31)28-23)24-16-17-25(32-24)33-27(20-10-4-1-5-11-20,21-12-6-2-7-13-21)22-14-8-3-9-15-22/h1-19,24-25H,(H,28,30,31)/t24-,25-/m1/s1. The summed E-state index contributed by atoms with van der Waals surface area (Å²) in [7, 11) is 0. The minimum Gasteiger partial charge on any atom is -0.328 e. The normalized spacial score (nSPS) is 17.8. The summed E-state index contributed by atoms with van der Waals surface area (Å²) in [5.74, 6) is 0. The fourth-order valence-corrected chi connectivity index (χ4v) is 4.16. The molecular formula is C27H22N2O4. The summed E-state index contributed by atoms with van der Waals surface area (Å²) in [6.45, 7) is 0. The van der Waals surface area contributed by atoms with Gasteiger partial charge in [0, 0.05) is 12.3 Å². The second-order valence-electron chi connectivity index (χ2n) is 7.69. The summed E-state index contributed by atoms with van der Waals surface area (Å²) in [4.78, 5) is 25.9. The third kappa shape index (κ3) is 3.98. The van der Waals surface area contributed by atoms with Crippen molar-refractivity contribution in [3.8, 4) is 0 Å². The van der Waals surface area contributed by atoms with Gasteiger partial charge in [0.15, 0.2) is 12.5 Å². The van der Waals surface area contributed by atoms with Crippen molar-refractivity contribution < 1.29 is 9.47 Å². The quantitative estimate of drug-likeness (QED) is 0.365. The average molecular weight is 438 g/mol. The molecule has 3 aromatic carbocycles. The van der Waals surface area contributed by atoms with Gasteiger partial charge in [0.2, 0.25) is 0 Å². The molecule has 5 rings (SSSR count). The van der Waals surface area contributed by atoms with E-state index in [-0.39, 0.29) is 0 Å². The Kier molecular flexibility index (Phi) is 5.60. The Labute approximate surface area is 190 Å². The Hall–Kier alpha value is -4.00. The second kappa shape index (κ2) is 8.86. The summed E-state index contributed by atoms with van der Waals surface area (Å²) in [5, 5.41) is 0. The predicted octanol–water partition coefficient (Wildman–Crippen LogP) is 3.96. The van der Waals surface area contributed by atoms with E-state index in [0.29, 0.717) is 0 Å². The van der Waals surface area contributed by atoms with E-state index >= 15 is 0 Å². The van der Waals surface area contributed by atoms with Gasteiger partial charge in [-0.25, -0.2) is 4.79 Å². The number of benzene rings is 3. The molecule has 0 amide bonds. The van der Waals surface area contributed by atoms with Crippen molar-refractivity contribution in [1.82, 2.24) is 9.55 Å². The maximum atomic E-state index is 12.2. The third-order valence-corrected chi connectivity index (χ3v) is 5.67. The van der Waals surface area contributed by atoms with Crippen molar-refractivity contribution in [3.05, 3.63) is 153 Å². The van der Waals surface area contributed by atoms with Crippen LogP contribution >= 0.6 is 0 Å². The van der Waals surface area contributed by atoms with E-state index in [4.69, 9.17) is 9.47 Å². The lowest BCUT2D eigenvalue weighted by Crippen LogP contribution is -2.37. The van der Waals surface area contributed by atoms with E-state index in [9.17, 15) is 9.59 Å². The Morgan fingerprint density at radius 3 is 1.73 bits per heavy atom. The van der Waals surface area contributed by atoms with Gasteiger partial charge in [-0.05, 0) is 28.8 Å². The van der Waals surface area contributed by atoms with Gasteiger partial charge >= 0.3 is 5.69 Å². The molecule has 2 heterocycles. The molecule has 6 nitrogen and oxygen atoms in total. The molecule has 4 aromatic rings. The molecule has 0 bridgehead atoms. The monoisotopic (exact) mass is 438 g/mol. The van der Waals surface area contributed by atoms with Gasteiger partial charge in [-0.2, -0.15) is 0 Å². The maximum absolute atomic E-state index is 12.2. The molecule has 0 fully saturated rings. The van der Waals surface area contributed by atoms with Crippen LogP contribution in [-0.4, -0.2) is 15.8 Å². The van der Waals surface area contributed by atoms with Crippen LogP contribution in [0.5, 0.6) is 0 Å². The van der Waals surface area contributed by atoms with E-state index in [2.05, 4.69) is 4.98 Å². The van der Waals surface area contributed by atoms with Crippen LogP contribution in [0.1, 0.15) is 22.9 Å². The zero-order valence-corrected chi connectivity index (χ0v) is 17.7.